The van der Waals surface area contributed by atoms with Crippen LogP contribution in [0, 0.1) is 0 Å². The van der Waals surface area contributed by atoms with E-state index in [4.69, 9.17) is 9.52 Å². The molecule has 1 heterocycles. The van der Waals surface area contributed by atoms with Gasteiger partial charge < -0.3 is 9.52 Å². The van der Waals surface area contributed by atoms with Crippen LogP contribution in [0.3, 0.4) is 0 Å². The molecule has 0 unspecified atom stereocenters. The molecule has 2 nitrogen and oxygen atoms in total. The lowest BCUT2D eigenvalue weighted by Gasteiger charge is -1.83. The quantitative estimate of drug-likeness (QED) is 0.601. The third kappa shape index (κ3) is 0.589. The summed E-state index contributed by atoms with van der Waals surface area (Å²) in [6, 6.07) is 7.46. The molecule has 2 rings (SSSR count). The van der Waals surface area contributed by atoms with Gasteiger partial charge in [0.05, 0.1) is 5.39 Å². The molecule has 0 spiro atoms. The number of benzene rings is 1. The number of hydrogen-bond acceptors (Lipinski definition) is 2. The third-order valence-electron chi connectivity index (χ3n) is 1.49. The first-order valence-electron chi connectivity index (χ1n) is 3.03. The fourth-order valence-electron chi connectivity index (χ4n) is 0.977. The maximum Gasteiger partial charge on any atom is 1.00 e. The lowest BCUT2D eigenvalue weighted by Crippen LogP contribution is -1.60. The highest BCUT2D eigenvalue weighted by Gasteiger charge is 2.00. The van der Waals surface area contributed by atoms with E-state index < -0.39 is 0 Å². The number of furan rings is 1. The van der Waals surface area contributed by atoms with Gasteiger partial charge in [0.15, 0.2) is 0 Å². The minimum atomic E-state index is -0.00407. The normalized spacial score (nSPS) is 10.4. The summed E-state index contributed by atoms with van der Waals surface area (Å²) >= 11 is 0. The molecular formula is C8H7O2+. The van der Waals surface area contributed by atoms with Gasteiger partial charge in [0.25, 0.3) is 5.95 Å². The molecule has 0 aliphatic carbocycles. The van der Waals surface area contributed by atoms with Gasteiger partial charge in [0.2, 0.25) is 0 Å². The molecular weight excluding hydrogens is 128 g/mol. The average Bonchev–Trinajstić information content (AvgIpc) is 2.34. The summed E-state index contributed by atoms with van der Waals surface area (Å²) in [7, 11) is 0. The van der Waals surface area contributed by atoms with Gasteiger partial charge >= 0.3 is 1.43 Å². The van der Waals surface area contributed by atoms with Crippen LogP contribution >= 0.6 is 0 Å². The fraction of sp³-hybridized carbons (Fsp3) is 0. The van der Waals surface area contributed by atoms with Crippen LogP contribution in [0.2, 0.25) is 0 Å². The lowest BCUT2D eigenvalue weighted by molar-refractivity contribution is 0.338. The van der Waals surface area contributed by atoms with Crippen LogP contribution in [0.15, 0.2) is 34.9 Å². The summed E-state index contributed by atoms with van der Waals surface area (Å²) in [6.07, 6.45) is 1.53. The van der Waals surface area contributed by atoms with Crippen LogP contribution in [-0.4, -0.2) is 5.11 Å². The topological polar surface area (TPSA) is 33.4 Å². The fourth-order valence-corrected chi connectivity index (χ4v) is 0.977. The van der Waals surface area contributed by atoms with Gasteiger partial charge in [-0.2, -0.15) is 0 Å². The lowest BCUT2D eigenvalue weighted by atomic mass is 10.2. The van der Waals surface area contributed by atoms with Crippen molar-refractivity contribution in [2.24, 2.45) is 0 Å². The zero-order chi connectivity index (χ0) is 6.97. The van der Waals surface area contributed by atoms with Crippen molar-refractivity contribution in [3.63, 3.8) is 0 Å². The minimum Gasteiger partial charge on any atom is -0.480 e. The predicted octanol–water partition coefficient (Wildman–Crippen LogP) is 2.25. The molecule has 0 atom stereocenters. The van der Waals surface area contributed by atoms with Gasteiger partial charge in [0.1, 0.15) is 6.26 Å². The molecule has 0 radical (unpaired) electrons. The van der Waals surface area contributed by atoms with E-state index in [9.17, 15) is 0 Å². The molecule has 0 saturated carbocycles. The first-order valence-corrected chi connectivity index (χ1v) is 3.03. The highest BCUT2D eigenvalue weighted by Crippen LogP contribution is 2.25. The number of aromatic hydroxyl groups is 1. The Labute approximate surface area is 59.2 Å². The number of fused-ring (bicyclic) bond motifs is 1. The van der Waals surface area contributed by atoms with Crippen LogP contribution in [0.25, 0.3) is 10.8 Å². The zero-order valence-electron chi connectivity index (χ0n) is 6.24. The molecule has 2 aromatic rings. The summed E-state index contributed by atoms with van der Waals surface area (Å²) in [4.78, 5) is 0. The average molecular weight is 135 g/mol. The SMILES string of the molecule is Oc1occ2ccccc12.[H+]. The molecule has 0 bridgehead atoms. The van der Waals surface area contributed by atoms with Crippen LogP contribution in [0.5, 0.6) is 5.95 Å². The van der Waals surface area contributed by atoms with Gasteiger partial charge in [-0.3, -0.25) is 0 Å². The van der Waals surface area contributed by atoms with E-state index in [1.807, 2.05) is 24.3 Å². The van der Waals surface area contributed by atoms with E-state index in [1.54, 1.807) is 0 Å². The Morgan fingerprint density at radius 1 is 1.30 bits per heavy atom. The standard InChI is InChI=1S/C8H6O2/c9-8-7-4-2-1-3-6(7)5-10-8/h1-5,9H/p+1. The van der Waals surface area contributed by atoms with Crippen molar-refractivity contribution in [2.75, 3.05) is 0 Å². The molecule has 1 aromatic heterocycles. The summed E-state index contributed by atoms with van der Waals surface area (Å²) in [5.74, 6) is -0.00407. The molecule has 2 heteroatoms. The van der Waals surface area contributed by atoms with E-state index in [1.165, 1.54) is 6.26 Å². The number of hydrogen-bond donors (Lipinski definition) is 1. The molecule has 10 heavy (non-hydrogen) atoms. The van der Waals surface area contributed by atoms with Crippen LogP contribution in [0.1, 0.15) is 1.43 Å². The Kier molecular flexibility index (Phi) is 0.947. The molecule has 0 fully saturated rings. The zero-order valence-corrected chi connectivity index (χ0v) is 5.24. The van der Waals surface area contributed by atoms with Crippen molar-refractivity contribution in [3.8, 4) is 5.95 Å². The van der Waals surface area contributed by atoms with Gasteiger partial charge in [0, 0.05) is 5.39 Å². The van der Waals surface area contributed by atoms with Crippen molar-refractivity contribution < 1.29 is 11.0 Å². The molecule has 0 aliphatic rings. The largest absolute Gasteiger partial charge is 1.00 e. The highest BCUT2D eigenvalue weighted by atomic mass is 16.5. The molecule has 50 valence electrons. The van der Waals surface area contributed by atoms with Gasteiger partial charge in [-0.1, -0.05) is 18.2 Å². The highest BCUT2D eigenvalue weighted by molar-refractivity contribution is 5.85. The molecule has 0 amide bonds. The van der Waals surface area contributed by atoms with Crippen LogP contribution in [0.4, 0.5) is 0 Å². The second-order valence-electron chi connectivity index (χ2n) is 2.13. The Bertz CT molecular complexity index is 354. The number of rotatable bonds is 0. The molecule has 0 aliphatic heterocycles. The summed E-state index contributed by atoms with van der Waals surface area (Å²) < 4.78 is 4.77. The van der Waals surface area contributed by atoms with Crippen molar-refractivity contribution in [1.29, 1.82) is 0 Å². The van der Waals surface area contributed by atoms with Crippen LogP contribution < -0.4 is 0 Å². The Hall–Kier alpha value is -1.44. The summed E-state index contributed by atoms with van der Waals surface area (Å²) in [5, 5.41) is 10.7. The summed E-state index contributed by atoms with van der Waals surface area (Å²) in [6.45, 7) is 0. The maximum atomic E-state index is 9.04. The van der Waals surface area contributed by atoms with Gasteiger partial charge in [-0.15, -0.1) is 0 Å². The first kappa shape index (κ1) is 5.35. The Balaban J connectivity index is 0.000000605. The van der Waals surface area contributed by atoms with Crippen LogP contribution in [-0.2, 0) is 0 Å². The second kappa shape index (κ2) is 1.77. The Morgan fingerprint density at radius 3 is 2.90 bits per heavy atom. The summed E-state index contributed by atoms with van der Waals surface area (Å²) in [5.41, 5.74) is 0. The van der Waals surface area contributed by atoms with Crippen molar-refractivity contribution >= 4 is 10.8 Å². The Morgan fingerprint density at radius 2 is 2.10 bits per heavy atom. The monoisotopic (exact) mass is 135 g/mol. The molecule has 1 N–H and O–H groups in total. The van der Waals surface area contributed by atoms with E-state index in [0.29, 0.717) is 0 Å². The predicted molar refractivity (Wildman–Crippen MR) is 39.0 cm³/mol. The van der Waals surface area contributed by atoms with Crippen molar-refractivity contribution in [3.05, 3.63) is 30.5 Å². The third-order valence-corrected chi connectivity index (χ3v) is 1.49. The molecule has 0 saturated heterocycles. The van der Waals surface area contributed by atoms with Gasteiger partial charge in [-0.25, -0.2) is 0 Å². The van der Waals surface area contributed by atoms with Gasteiger partial charge in [-0.05, 0) is 6.07 Å². The van der Waals surface area contributed by atoms with E-state index in [-0.39, 0.29) is 7.37 Å². The first-order chi connectivity index (χ1) is 4.88. The van der Waals surface area contributed by atoms with Crippen molar-refractivity contribution in [2.45, 2.75) is 0 Å². The van der Waals surface area contributed by atoms with Crippen molar-refractivity contribution in [1.82, 2.24) is 0 Å². The van der Waals surface area contributed by atoms with E-state index >= 15 is 0 Å². The van der Waals surface area contributed by atoms with E-state index in [0.717, 1.165) is 10.8 Å². The second-order valence-corrected chi connectivity index (χ2v) is 2.13. The molecule has 1 aromatic carbocycles. The minimum absolute atomic E-state index is 0. The smallest absolute Gasteiger partial charge is 0.480 e. The maximum absolute atomic E-state index is 9.04. The van der Waals surface area contributed by atoms with E-state index in [2.05, 4.69) is 0 Å².